The van der Waals surface area contributed by atoms with Crippen molar-refractivity contribution in [3.8, 4) is 0 Å². The second-order valence-electron chi connectivity index (χ2n) is 2.90. The summed E-state index contributed by atoms with van der Waals surface area (Å²) in [4.78, 5) is 24.3. The van der Waals surface area contributed by atoms with Crippen LogP contribution in [-0.2, 0) is 4.84 Å². The standard InChI is InChI=1S/C8H9N3O5/c9-5-8(16-11(14)15)6-1-3-7(4-2-6)10(12)13/h1-4,8H,5,9H2. The zero-order valence-electron chi connectivity index (χ0n) is 8.11. The molecule has 0 saturated heterocycles. The molecule has 16 heavy (non-hydrogen) atoms. The molecule has 0 aliphatic rings. The molecular weight excluding hydrogens is 218 g/mol. The van der Waals surface area contributed by atoms with E-state index in [1.54, 1.807) is 0 Å². The molecule has 8 nitrogen and oxygen atoms in total. The van der Waals surface area contributed by atoms with Crippen molar-refractivity contribution < 1.29 is 14.8 Å². The lowest BCUT2D eigenvalue weighted by molar-refractivity contribution is -0.770. The van der Waals surface area contributed by atoms with Gasteiger partial charge in [-0.15, -0.1) is 10.1 Å². The molecule has 1 atom stereocenters. The highest BCUT2D eigenvalue weighted by Crippen LogP contribution is 2.19. The molecule has 0 heterocycles. The molecule has 86 valence electrons. The number of nitro benzene ring substituents is 1. The number of rotatable bonds is 5. The summed E-state index contributed by atoms with van der Waals surface area (Å²) < 4.78 is 0. The quantitative estimate of drug-likeness (QED) is 0.586. The molecular formula is C8H9N3O5. The molecule has 0 saturated carbocycles. The Morgan fingerprint density at radius 3 is 2.19 bits per heavy atom. The molecule has 1 unspecified atom stereocenters. The van der Waals surface area contributed by atoms with E-state index in [9.17, 15) is 20.2 Å². The lowest BCUT2D eigenvalue weighted by Gasteiger charge is -2.12. The van der Waals surface area contributed by atoms with Gasteiger partial charge in [-0.25, -0.2) is 0 Å². The molecule has 0 bridgehead atoms. The maximum absolute atomic E-state index is 10.4. The van der Waals surface area contributed by atoms with E-state index in [4.69, 9.17) is 5.73 Å². The molecule has 0 amide bonds. The van der Waals surface area contributed by atoms with Gasteiger partial charge in [0, 0.05) is 18.7 Å². The highest BCUT2D eigenvalue weighted by atomic mass is 17.0. The third-order valence-corrected chi connectivity index (χ3v) is 1.90. The van der Waals surface area contributed by atoms with Crippen LogP contribution in [0.5, 0.6) is 0 Å². The van der Waals surface area contributed by atoms with Gasteiger partial charge < -0.3 is 10.6 Å². The van der Waals surface area contributed by atoms with E-state index in [0.29, 0.717) is 5.56 Å². The molecule has 0 aliphatic carbocycles. The van der Waals surface area contributed by atoms with E-state index in [0.717, 1.165) is 0 Å². The molecule has 0 aromatic heterocycles. The predicted octanol–water partition coefficient (Wildman–Crippen LogP) is 0.803. The normalized spacial score (nSPS) is 11.8. The Labute approximate surface area is 89.9 Å². The Bertz CT molecular complexity index is 391. The van der Waals surface area contributed by atoms with Crippen LogP contribution < -0.4 is 5.73 Å². The van der Waals surface area contributed by atoms with Gasteiger partial charge in [-0.1, -0.05) is 0 Å². The molecule has 1 rings (SSSR count). The molecule has 0 aliphatic heterocycles. The van der Waals surface area contributed by atoms with E-state index in [1.165, 1.54) is 24.3 Å². The fourth-order valence-electron chi connectivity index (χ4n) is 1.15. The van der Waals surface area contributed by atoms with Gasteiger partial charge in [0.2, 0.25) is 0 Å². The third kappa shape index (κ3) is 2.89. The number of nitro groups is 1. The Morgan fingerprint density at radius 2 is 1.81 bits per heavy atom. The summed E-state index contributed by atoms with van der Waals surface area (Å²) in [6.07, 6.45) is -0.907. The SMILES string of the molecule is NCC(O[N+](=O)[O-])c1ccc([N+](=O)[O-])cc1. The molecule has 2 N–H and O–H groups in total. The molecule has 1 aromatic rings. The van der Waals surface area contributed by atoms with Crippen LogP contribution in [0.2, 0.25) is 0 Å². The molecule has 1 aromatic carbocycles. The Balaban J connectivity index is 2.86. The first kappa shape index (κ1) is 11.9. The van der Waals surface area contributed by atoms with E-state index in [2.05, 4.69) is 4.84 Å². The lowest BCUT2D eigenvalue weighted by atomic mass is 10.1. The Morgan fingerprint density at radius 1 is 1.25 bits per heavy atom. The summed E-state index contributed by atoms with van der Waals surface area (Å²) in [7, 11) is 0. The third-order valence-electron chi connectivity index (χ3n) is 1.90. The molecule has 0 fully saturated rings. The Hall–Kier alpha value is -2.22. The first-order valence-electron chi connectivity index (χ1n) is 4.30. The lowest BCUT2D eigenvalue weighted by Crippen LogP contribution is -2.18. The number of nitrogens with zero attached hydrogens (tertiary/aromatic N) is 2. The zero-order valence-corrected chi connectivity index (χ0v) is 8.11. The number of non-ortho nitro benzene ring substituents is 1. The maximum Gasteiger partial charge on any atom is 0.295 e. The average molecular weight is 227 g/mol. The van der Waals surface area contributed by atoms with E-state index < -0.39 is 16.1 Å². The van der Waals surface area contributed by atoms with Gasteiger partial charge in [0.05, 0.1) is 4.92 Å². The molecule has 0 spiro atoms. The first-order valence-corrected chi connectivity index (χ1v) is 4.30. The minimum absolute atomic E-state index is 0.0845. The van der Waals surface area contributed by atoms with E-state index >= 15 is 0 Å². The highest BCUT2D eigenvalue weighted by molar-refractivity contribution is 5.33. The van der Waals surface area contributed by atoms with Gasteiger partial charge in [0.25, 0.3) is 10.8 Å². The van der Waals surface area contributed by atoms with Crippen LogP contribution >= 0.6 is 0 Å². The van der Waals surface area contributed by atoms with Crippen molar-refractivity contribution in [1.29, 1.82) is 0 Å². The summed E-state index contributed by atoms with van der Waals surface area (Å²) in [6, 6.07) is 5.22. The summed E-state index contributed by atoms with van der Waals surface area (Å²) in [6.45, 7) is -0.0845. The van der Waals surface area contributed by atoms with Gasteiger partial charge in [0.1, 0.15) is 6.10 Å². The van der Waals surface area contributed by atoms with Crippen LogP contribution in [0.4, 0.5) is 5.69 Å². The number of nitrogens with two attached hydrogens (primary N) is 1. The van der Waals surface area contributed by atoms with E-state index in [-0.39, 0.29) is 12.2 Å². The number of hydrogen-bond donors (Lipinski definition) is 1. The van der Waals surface area contributed by atoms with Crippen molar-refractivity contribution in [2.24, 2.45) is 5.73 Å². The second-order valence-corrected chi connectivity index (χ2v) is 2.90. The van der Waals surface area contributed by atoms with Gasteiger partial charge in [-0.3, -0.25) is 10.1 Å². The van der Waals surface area contributed by atoms with Crippen LogP contribution in [0.25, 0.3) is 0 Å². The van der Waals surface area contributed by atoms with Crippen molar-refractivity contribution in [3.05, 3.63) is 50.1 Å². The minimum atomic E-state index is -0.945. The summed E-state index contributed by atoms with van der Waals surface area (Å²) in [5.74, 6) is 0. The average Bonchev–Trinajstić information content (AvgIpc) is 2.25. The van der Waals surface area contributed by atoms with Gasteiger partial charge in [-0.05, 0) is 17.7 Å². The predicted molar refractivity (Wildman–Crippen MR) is 53.0 cm³/mol. The fourth-order valence-corrected chi connectivity index (χ4v) is 1.15. The topological polar surface area (TPSA) is 122 Å². The summed E-state index contributed by atoms with van der Waals surface area (Å²) >= 11 is 0. The van der Waals surface area contributed by atoms with Crippen LogP contribution in [0.3, 0.4) is 0 Å². The Kier molecular flexibility index (Phi) is 3.72. The van der Waals surface area contributed by atoms with Crippen molar-refractivity contribution in [2.45, 2.75) is 6.10 Å². The zero-order chi connectivity index (χ0) is 12.1. The number of benzene rings is 1. The fraction of sp³-hybridized carbons (Fsp3) is 0.250. The van der Waals surface area contributed by atoms with Gasteiger partial charge >= 0.3 is 0 Å². The summed E-state index contributed by atoms with van der Waals surface area (Å²) in [5, 5.41) is 19.6. The minimum Gasteiger partial charge on any atom is -0.328 e. The van der Waals surface area contributed by atoms with Crippen LogP contribution in [0.15, 0.2) is 24.3 Å². The van der Waals surface area contributed by atoms with Crippen LogP contribution in [-0.4, -0.2) is 16.6 Å². The van der Waals surface area contributed by atoms with Gasteiger partial charge in [0.15, 0.2) is 0 Å². The maximum atomic E-state index is 10.4. The molecule has 8 heteroatoms. The number of hydrogen-bond acceptors (Lipinski definition) is 6. The van der Waals surface area contributed by atoms with Crippen molar-refractivity contribution in [3.63, 3.8) is 0 Å². The summed E-state index contributed by atoms with van der Waals surface area (Å²) in [5.41, 5.74) is 5.61. The molecule has 0 radical (unpaired) electrons. The highest BCUT2D eigenvalue weighted by Gasteiger charge is 2.15. The smallest absolute Gasteiger partial charge is 0.295 e. The van der Waals surface area contributed by atoms with Crippen LogP contribution in [0.1, 0.15) is 11.7 Å². The second kappa shape index (κ2) is 5.03. The largest absolute Gasteiger partial charge is 0.328 e. The van der Waals surface area contributed by atoms with E-state index in [1.807, 2.05) is 0 Å². The monoisotopic (exact) mass is 227 g/mol. The van der Waals surface area contributed by atoms with Crippen molar-refractivity contribution >= 4 is 5.69 Å². The van der Waals surface area contributed by atoms with Crippen molar-refractivity contribution in [1.82, 2.24) is 0 Å². The van der Waals surface area contributed by atoms with Crippen LogP contribution in [0, 0.1) is 20.2 Å². The van der Waals surface area contributed by atoms with Gasteiger partial charge in [-0.2, -0.15) is 0 Å². The first-order chi connectivity index (χ1) is 7.54. The van der Waals surface area contributed by atoms with Crippen molar-refractivity contribution in [2.75, 3.05) is 6.54 Å².